The first-order chi connectivity index (χ1) is 35.9. The van der Waals surface area contributed by atoms with Gasteiger partial charge < -0.3 is 18.4 Å². The summed E-state index contributed by atoms with van der Waals surface area (Å²) in [6.45, 7) is 8.38. The fourth-order valence-electron chi connectivity index (χ4n) is 9.86. The molecular formula is C66H52BBr2IN2O2. The summed E-state index contributed by atoms with van der Waals surface area (Å²) in [4.78, 5) is 0. The van der Waals surface area contributed by atoms with E-state index in [4.69, 9.17) is 9.31 Å². The van der Waals surface area contributed by atoms with Crippen LogP contribution >= 0.6 is 54.5 Å². The van der Waals surface area contributed by atoms with Gasteiger partial charge in [-0.15, -0.1) is 0 Å². The van der Waals surface area contributed by atoms with Gasteiger partial charge in [0.05, 0.1) is 33.3 Å². The summed E-state index contributed by atoms with van der Waals surface area (Å²) in [5.41, 5.74) is 14.7. The Morgan fingerprint density at radius 2 is 0.757 bits per heavy atom. The van der Waals surface area contributed by atoms with E-state index in [1.807, 2.05) is 12.1 Å². The zero-order valence-corrected chi connectivity index (χ0v) is 46.8. The third-order valence-electron chi connectivity index (χ3n) is 14.3. The van der Waals surface area contributed by atoms with Crippen LogP contribution in [0.15, 0.2) is 252 Å². The Morgan fingerprint density at radius 1 is 0.351 bits per heavy atom. The summed E-state index contributed by atoms with van der Waals surface area (Å²) in [5.74, 6) is 0. The SMILES string of the molecule is Brc1cccc(-c2ccc3c4ccccc4n(-c4cccc(-c5ccccc5)c4)c3c2)c1.Brc1cccc(I)c1.CC1(C)OB(c2ccc3c4ccccc4n(-c4cccc(-c5ccccc5)c4)c3c2)OC1(C)C. The molecule has 3 heterocycles. The van der Waals surface area contributed by atoms with Gasteiger partial charge in [-0.25, -0.2) is 0 Å². The van der Waals surface area contributed by atoms with Crippen molar-refractivity contribution in [2.75, 3.05) is 0 Å². The van der Waals surface area contributed by atoms with Crippen LogP contribution in [0.2, 0.25) is 0 Å². The standard InChI is InChI=1S/C30H28BNO2.C30H20BrN.C6H4BrI/c1-29(2)30(3,4)34-31(33-29)23-17-18-26-25-15-8-9-16-27(25)32(28(26)20-23)24-14-10-13-22(19-24)21-11-6-5-7-12-21;31-25-12-6-10-22(18-25)24-16-17-28-27-14-4-5-15-29(27)32(30(28)20-24)26-13-7-11-23(19-26)21-8-2-1-3-9-21;7-5-2-1-3-6(8)4-5/h5-20H,1-4H3;1-20H;1-4H. The molecular weight excluding hydrogens is 1150 g/mol. The second-order valence-corrected chi connectivity index (χ2v) is 22.7. The Morgan fingerprint density at radius 3 is 1.26 bits per heavy atom. The van der Waals surface area contributed by atoms with Crippen molar-refractivity contribution in [3.8, 4) is 44.8 Å². The number of benzene rings is 10. The van der Waals surface area contributed by atoms with Crippen LogP contribution in [-0.4, -0.2) is 27.5 Å². The number of rotatable bonds is 6. The molecule has 0 bridgehead atoms. The van der Waals surface area contributed by atoms with Crippen molar-refractivity contribution in [2.24, 2.45) is 0 Å². The highest BCUT2D eigenvalue weighted by atomic mass is 127. The Kier molecular flexibility index (Phi) is 14.1. The van der Waals surface area contributed by atoms with Gasteiger partial charge in [0.1, 0.15) is 0 Å². The van der Waals surface area contributed by atoms with E-state index in [1.165, 1.54) is 80.7 Å². The van der Waals surface area contributed by atoms with Crippen LogP contribution in [0, 0.1) is 3.57 Å². The van der Waals surface area contributed by atoms with Gasteiger partial charge in [0.15, 0.2) is 0 Å². The number of halogens is 3. The van der Waals surface area contributed by atoms with E-state index < -0.39 is 7.12 Å². The van der Waals surface area contributed by atoms with Gasteiger partial charge in [-0.3, -0.25) is 0 Å². The molecule has 0 radical (unpaired) electrons. The topological polar surface area (TPSA) is 28.3 Å². The minimum absolute atomic E-state index is 0.372. The second kappa shape index (κ2) is 21.0. The van der Waals surface area contributed by atoms with Crippen molar-refractivity contribution >= 4 is 111 Å². The van der Waals surface area contributed by atoms with Crippen molar-refractivity contribution in [3.05, 3.63) is 255 Å². The molecule has 362 valence electrons. The Labute approximate surface area is 464 Å². The van der Waals surface area contributed by atoms with Gasteiger partial charge in [-0.1, -0.05) is 196 Å². The highest BCUT2D eigenvalue weighted by molar-refractivity contribution is 14.1. The first-order valence-electron chi connectivity index (χ1n) is 24.8. The van der Waals surface area contributed by atoms with Crippen LogP contribution in [0.4, 0.5) is 0 Å². The minimum atomic E-state index is -0.392. The Balaban J connectivity index is 0.000000138. The maximum Gasteiger partial charge on any atom is 0.494 e. The van der Waals surface area contributed by atoms with Crippen LogP contribution in [0.25, 0.3) is 88.4 Å². The molecule has 0 saturated carbocycles. The fourth-order valence-corrected chi connectivity index (χ4v) is 11.6. The number of hydrogen-bond donors (Lipinski definition) is 0. The number of para-hydroxylation sites is 2. The molecule has 8 heteroatoms. The number of hydrogen-bond acceptors (Lipinski definition) is 2. The van der Waals surface area contributed by atoms with Crippen molar-refractivity contribution in [1.29, 1.82) is 0 Å². The Bertz CT molecular complexity index is 3950. The van der Waals surface area contributed by atoms with E-state index >= 15 is 0 Å². The zero-order valence-electron chi connectivity index (χ0n) is 41.5. The number of aromatic nitrogens is 2. The van der Waals surface area contributed by atoms with Crippen molar-refractivity contribution in [1.82, 2.24) is 9.13 Å². The summed E-state index contributed by atoms with van der Waals surface area (Å²) in [6.07, 6.45) is 0. The molecule has 1 fully saturated rings. The van der Waals surface area contributed by atoms with Gasteiger partial charge in [-0.05, 0) is 168 Å². The van der Waals surface area contributed by atoms with E-state index in [0.29, 0.717) is 0 Å². The van der Waals surface area contributed by atoms with E-state index in [9.17, 15) is 0 Å². The predicted molar refractivity (Wildman–Crippen MR) is 328 cm³/mol. The van der Waals surface area contributed by atoms with E-state index in [0.717, 1.165) is 25.6 Å². The highest BCUT2D eigenvalue weighted by Crippen LogP contribution is 2.39. The van der Waals surface area contributed by atoms with Gasteiger partial charge in [0.25, 0.3) is 0 Å². The lowest BCUT2D eigenvalue weighted by atomic mass is 9.79. The van der Waals surface area contributed by atoms with Crippen LogP contribution in [0.1, 0.15) is 27.7 Å². The molecule has 0 aliphatic carbocycles. The summed E-state index contributed by atoms with van der Waals surface area (Å²) < 4.78 is 21.0. The van der Waals surface area contributed by atoms with Crippen molar-refractivity contribution in [2.45, 2.75) is 38.9 Å². The van der Waals surface area contributed by atoms with Crippen LogP contribution < -0.4 is 5.46 Å². The molecule has 0 atom stereocenters. The number of nitrogens with zero attached hydrogens (tertiary/aromatic N) is 2. The molecule has 74 heavy (non-hydrogen) atoms. The molecule has 4 nitrogen and oxygen atoms in total. The molecule has 1 saturated heterocycles. The van der Waals surface area contributed by atoms with Crippen LogP contribution in [0.5, 0.6) is 0 Å². The second-order valence-electron chi connectivity index (χ2n) is 19.6. The van der Waals surface area contributed by atoms with Crippen molar-refractivity contribution in [3.63, 3.8) is 0 Å². The number of fused-ring (bicyclic) bond motifs is 6. The van der Waals surface area contributed by atoms with E-state index in [2.05, 4.69) is 322 Å². The smallest absolute Gasteiger partial charge is 0.399 e. The average Bonchev–Trinajstić information content (AvgIpc) is 4.02. The zero-order chi connectivity index (χ0) is 51.0. The van der Waals surface area contributed by atoms with Crippen LogP contribution in [-0.2, 0) is 9.31 Å². The van der Waals surface area contributed by atoms with Crippen LogP contribution in [0.3, 0.4) is 0 Å². The van der Waals surface area contributed by atoms with Gasteiger partial charge >= 0.3 is 7.12 Å². The monoisotopic (exact) mass is 1200 g/mol. The molecule has 13 rings (SSSR count). The first kappa shape index (κ1) is 49.7. The summed E-state index contributed by atoms with van der Waals surface area (Å²) in [5, 5.41) is 5.00. The molecule has 0 unspecified atom stereocenters. The molecule has 0 N–H and O–H groups in total. The lowest BCUT2D eigenvalue weighted by molar-refractivity contribution is 0.00578. The molecule has 10 aromatic carbocycles. The van der Waals surface area contributed by atoms with Crippen molar-refractivity contribution < 1.29 is 9.31 Å². The molecule has 1 aliphatic heterocycles. The third-order valence-corrected chi connectivity index (χ3v) is 15.9. The third kappa shape index (κ3) is 10.1. The average molecular weight is 1200 g/mol. The maximum absolute atomic E-state index is 6.36. The van der Waals surface area contributed by atoms with E-state index in [1.54, 1.807) is 0 Å². The molecule has 2 aromatic heterocycles. The lowest BCUT2D eigenvalue weighted by Gasteiger charge is -2.32. The van der Waals surface area contributed by atoms with E-state index in [-0.39, 0.29) is 11.2 Å². The summed E-state index contributed by atoms with van der Waals surface area (Å²) >= 11 is 9.25. The normalized spacial score (nSPS) is 13.7. The fraction of sp³-hybridized carbons (Fsp3) is 0.0909. The summed E-state index contributed by atoms with van der Waals surface area (Å²) in [6, 6.07) is 85.9. The first-order valence-corrected chi connectivity index (χ1v) is 27.5. The quantitative estimate of drug-likeness (QED) is 0.123. The minimum Gasteiger partial charge on any atom is -0.399 e. The maximum atomic E-state index is 6.36. The molecule has 1 aliphatic rings. The van der Waals surface area contributed by atoms with Gasteiger partial charge in [0, 0.05) is 45.4 Å². The molecule has 12 aromatic rings. The van der Waals surface area contributed by atoms with Gasteiger partial charge in [-0.2, -0.15) is 0 Å². The van der Waals surface area contributed by atoms with Gasteiger partial charge in [0.2, 0.25) is 0 Å². The summed E-state index contributed by atoms with van der Waals surface area (Å²) in [7, 11) is -0.392. The predicted octanol–water partition coefficient (Wildman–Crippen LogP) is 18.7. The highest BCUT2D eigenvalue weighted by Gasteiger charge is 2.51. The largest absolute Gasteiger partial charge is 0.494 e. The molecule has 0 spiro atoms. The lowest BCUT2D eigenvalue weighted by Crippen LogP contribution is -2.41. The Hall–Kier alpha value is -6.53. The molecule has 0 amide bonds.